The van der Waals surface area contributed by atoms with Crippen molar-refractivity contribution in [2.75, 3.05) is 0 Å². The Bertz CT molecular complexity index is 782. The number of Topliss-reactive ketones (excluding diaryl/α,β-unsaturated/α-hetero) is 1. The third-order valence-corrected chi connectivity index (χ3v) is 4.11. The minimum atomic E-state index is -4.87. The summed E-state index contributed by atoms with van der Waals surface area (Å²) in [5, 5.41) is 0. The molecule has 2 rings (SSSR count). The highest BCUT2D eigenvalue weighted by Crippen LogP contribution is 2.33. The number of alkyl halides is 6. The van der Waals surface area contributed by atoms with E-state index in [4.69, 9.17) is 0 Å². The van der Waals surface area contributed by atoms with Crippen LogP contribution in [0.2, 0.25) is 0 Å². The van der Waals surface area contributed by atoms with Crippen molar-refractivity contribution in [1.82, 2.24) is 0 Å². The lowest BCUT2D eigenvalue weighted by molar-refractivity contribution is -0.140. The van der Waals surface area contributed by atoms with Crippen molar-refractivity contribution in [3.63, 3.8) is 0 Å². The van der Waals surface area contributed by atoms with E-state index in [2.05, 4.69) is 0 Å². The van der Waals surface area contributed by atoms with E-state index in [-0.39, 0.29) is 36.8 Å². The van der Waals surface area contributed by atoms with Crippen LogP contribution in [0, 0.1) is 11.6 Å². The van der Waals surface area contributed by atoms with Gasteiger partial charge < -0.3 is 0 Å². The quantitative estimate of drug-likeness (QED) is 0.523. The molecule has 0 aromatic heterocycles. The number of ketones is 1. The lowest BCUT2D eigenvalue weighted by atomic mass is 9.99. The molecule has 1 nitrogen and oxygen atoms in total. The second-order valence-electron chi connectivity index (χ2n) is 6.09. The van der Waals surface area contributed by atoms with Crippen molar-refractivity contribution < 1.29 is 39.9 Å². The van der Waals surface area contributed by atoms with Crippen LogP contribution in [0.25, 0.3) is 0 Å². The van der Waals surface area contributed by atoms with Crippen molar-refractivity contribution in [3.8, 4) is 0 Å². The van der Waals surface area contributed by atoms with Crippen LogP contribution in [0.3, 0.4) is 0 Å². The van der Waals surface area contributed by atoms with Gasteiger partial charge in [-0.2, -0.15) is 26.3 Å². The monoisotopic (exact) mass is 410 g/mol. The third-order valence-electron chi connectivity index (χ3n) is 4.11. The molecular weight excluding hydrogens is 396 g/mol. The van der Waals surface area contributed by atoms with Crippen LogP contribution in [0.5, 0.6) is 0 Å². The summed E-state index contributed by atoms with van der Waals surface area (Å²) in [4.78, 5) is 11.9. The summed E-state index contributed by atoms with van der Waals surface area (Å²) in [7, 11) is 0. The average molecular weight is 410 g/mol. The fourth-order valence-corrected chi connectivity index (χ4v) is 2.66. The first-order valence-electron chi connectivity index (χ1n) is 8.12. The molecule has 9 heteroatoms. The van der Waals surface area contributed by atoms with Gasteiger partial charge in [0.25, 0.3) is 0 Å². The van der Waals surface area contributed by atoms with Gasteiger partial charge in [-0.1, -0.05) is 24.3 Å². The van der Waals surface area contributed by atoms with Crippen LogP contribution in [-0.4, -0.2) is 5.78 Å². The largest absolute Gasteiger partial charge is 0.419 e. The number of carbonyl (C=O) groups excluding carboxylic acids is 1. The van der Waals surface area contributed by atoms with Crippen LogP contribution >= 0.6 is 0 Å². The number of benzene rings is 2. The molecule has 0 bridgehead atoms. The first-order chi connectivity index (χ1) is 12.9. The standard InChI is InChI=1S/C19H14F8O/c20-16-11(3-1-5-14(16)18(22,23)24)7-9-13(28)10-8-12-4-2-6-15(17(12)21)19(25,26)27/h1-6H,7-10H2. The molecule has 0 atom stereocenters. The van der Waals surface area contributed by atoms with Gasteiger partial charge in [0.1, 0.15) is 17.4 Å². The van der Waals surface area contributed by atoms with Gasteiger partial charge >= 0.3 is 12.4 Å². The number of hydrogen-bond acceptors (Lipinski definition) is 1. The normalized spacial score (nSPS) is 12.3. The molecule has 152 valence electrons. The van der Waals surface area contributed by atoms with E-state index >= 15 is 0 Å². The SMILES string of the molecule is O=C(CCc1cccc(C(F)(F)F)c1F)CCc1cccc(C(F)(F)F)c1F. The van der Waals surface area contributed by atoms with E-state index in [1.807, 2.05) is 0 Å². The number of rotatable bonds is 6. The lowest BCUT2D eigenvalue weighted by Gasteiger charge is -2.12. The molecule has 0 saturated heterocycles. The van der Waals surface area contributed by atoms with Crippen molar-refractivity contribution in [2.24, 2.45) is 0 Å². The lowest BCUT2D eigenvalue weighted by Crippen LogP contribution is -2.12. The maximum absolute atomic E-state index is 13.9. The summed E-state index contributed by atoms with van der Waals surface area (Å²) < 4.78 is 104. The molecule has 2 aromatic rings. The summed E-state index contributed by atoms with van der Waals surface area (Å²) in [5.41, 5.74) is -3.48. The maximum atomic E-state index is 13.9. The second kappa shape index (κ2) is 8.28. The number of carbonyl (C=O) groups is 1. The molecule has 0 N–H and O–H groups in total. The Kier molecular flexibility index (Phi) is 6.46. The van der Waals surface area contributed by atoms with Crippen molar-refractivity contribution >= 4 is 5.78 Å². The Hall–Kier alpha value is -2.45. The fraction of sp³-hybridized carbons (Fsp3) is 0.316. The molecule has 0 spiro atoms. The van der Waals surface area contributed by atoms with Crippen molar-refractivity contribution in [1.29, 1.82) is 0 Å². The van der Waals surface area contributed by atoms with E-state index in [0.29, 0.717) is 12.1 Å². The minimum absolute atomic E-state index is 0.298. The predicted molar refractivity (Wildman–Crippen MR) is 84.5 cm³/mol. The molecule has 2 aromatic carbocycles. The Morgan fingerprint density at radius 1 is 0.679 bits per heavy atom. The summed E-state index contributed by atoms with van der Waals surface area (Å²) in [6.07, 6.45) is -11.0. The smallest absolute Gasteiger partial charge is 0.300 e. The summed E-state index contributed by atoms with van der Waals surface area (Å²) >= 11 is 0. The number of aryl methyl sites for hydroxylation is 2. The highest BCUT2D eigenvalue weighted by Gasteiger charge is 2.35. The van der Waals surface area contributed by atoms with Gasteiger partial charge in [-0.15, -0.1) is 0 Å². The molecule has 0 radical (unpaired) electrons. The Balaban J connectivity index is 2.00. The first-order valence-corrected chi connectivity index (χ1v) is 8.12. The van der Waals surface area contributed by atoms with Gasteiger partial charge in [0.2, 0.25) is 0 Å². The Labute approximate surface area is 155 Å². The Morgan fingerprint density at radius 3 is 1.36 bits per heavy atom. The fourth-order valence-electron chi connectivity index (χ4n) is 2.66. The van der Waals surface area contributed by atoms with Crippen LogP contribution in [0.1, 0.15) is 35.1 Å². The molecule has 0 aliphatic rings. The molecule has 0 saturated carbocycles. The van der Waals surface area contributed by atoms with Crippen LogP contribution in [-0.2, 0) is 30.0 Å². The van der Waals surface area contributed by atoms with Crippen molar-refractivity contribution in [3.05, 3.63) is 70.3 Å². The zero-order valence-corrected chi connectivity index (χ0v) is 14.2. The van der Waals surface area contributed by atoms with E-state index in [1.165, 1.54) is 0 Å². The van der Waals surface area contributed by atoms with E-state index < -0.39 is 40.9 Å². The van der Waals surface area contributed by atoms with Gasteiger partial charge in [-0.05, 0) is 36.1 Å². The topological polar surface area (TPSA) is 17.1 Å². The van der Waals surface area contributed by atoms with Gasteiger partial charge in [0, 0.05) is 12.8 Å². The summed E-state index contributed by atoms with van der Waals surface area (Å²) in [6.45, 7) is 0. The number of halogens is 8. The first kappa shape index (κ1) is 21.8. The molecule has 0 aliphatic carbocycles. The van der Waals surface area contributed by atoms with Crippen LogP contribution in [0.15, 0.2) is 36.4 Å². The highest BCUT2D eigenvalue weighted by molar-refractivity contribution is 5.78. The number of hydrogen-bond donors (Lipinski definition) is 0. The molecular formula is C19H14F8O. The second-order valence-corrected chi connectivity index (χ2v) is 6.09. The van der Waals surface area contributed by atoms with E-state index in [9.17, 15) is 39.9 Å². The van der Waals surface area contributed by atoms with E-state index in [1.54, 1.807) is 0 Å². The van der Waals surface area contributed by atoms with Crippen LogP contribution in [0.4, 0.5) is 35.1 Å². The van der Waals surface area contributed by atoms with E-state index in [0.717, 1.165) is 24.3 Å². The van der Waals surface area contributed by atoms with Crippen LogP contribution < -0.4 is 0 Å². The molecule has 0 unspecified atom stereocenters. The molecule has 0 aliphatic heterocycles. The third kappa shape index (κ3) is 5.30. The minimum Gasteiger partial charge on any atom is -0.300 e. The molecule has 0 heterocycles. The highest BCUT2D eigenvalue weighted by atomic mass is 19.4. The summed E-state index contributed by atoms with van der Waals surface area (Å²) in [6, 6.07) is 5.43. The van der Waals surface area contributed by atoms with Gasteiger partial charge in [-0.3, -0.25) is 4.79 Å². The zero-order chi connectivity index (χ0) is 21.1. The molecule has 28 heavy (non-hydrogen) atoms. The van der Waals surface area contributed by atoms with Crippen molar-refractivity contribution in [2.45, 2.75) is 38.0 Å². The summed E-state index contributed by atoms with van der Waals surface area (Å²) in [5.74, 6) is -3.47. The Morgan fingerprint density at radius 2 is 1.04 bits per heavy atom. The maximum Gasteiger partial charge on any atom is 0.419 e. The predicted octanol–water partition coefficient (Wildman–Crippen LogP) is 6.14. The molecule has 0 amide bonds. The van der Waals surface area contributed by atoms with Gasteiger partial charge in [-0.25, -0.2) is 8.78 Å². The average Bonchev–Trinajstić information content (AvgIpc) is 2.58. The zero-order valence-electron chi connectivity index (χ0n) is 14.2. The molecule has 0 fully saturated rings. The van der Waals surface area contributed by atoms with Gasteiger partial charge in [0.05, 0.1) is 11.1 Å². The van der Waals surface area contributed by atoms with Gasteiger partial charge in [0.15, 0.2) is 0 Å².